The van der Waals surface area contributed by atoms with Crippen molar-refractivity contribution < 1.29 is 9.21 Å². The Kier molecular flexibility index (Phi) is 3.47. The Morgan fingerprint density at radius 1 is 1.14 bits per heavy atom. The lowest BCUT2D eigenvalue weighted by atomic mass is 10.4. The first kappa shape index (κ1) is 13.8. The van der Waals surface area contributed by atoms with Gasteiger partial charge in [-0.15, -0.1) is 21.5 Å². The first-order chi connectivity index (χ1) is 10.0. The van der Waals surface area contributed by atoms with Crippen LogP contribution in [0.15, 0.2) is 4.42 Å². The number of nitrogens with zero attached hydrogens (tertiary/aromatic N) is 5. The topological polar surface area (TPSA) is 107 Å². The predicted molar refractivity (Wildman–Crippen MR) is 77.5 cm³/mol. The van der Waals surface area contributed by atoms with Gasteiger partial charge in [-0.1, -0.05) is 9.59 Å². The van der Waals surface area contributed by atoms with Crippen molar-refractivity contribution in [2.24, 2.45) is 0 Å². The quantitative estimate of drug-likeness (QED) is 0.787. The van der Waals surface area contributed by atoms with E-state index in [9.17, 15) is 4.79 Å². The first-order valence-electron chi connectivity index (χ1n) is 5.93. The van der Waals surface area contributed by atoms with Crippen LogP contribution in [0.3, 0.4) is 0 Å². The smallest absolute Gasteiger partial charge is 0.322 e. The van der Waals surface area contributed by atoms with Gasteiger partial charge in [0.2, 0.25) is 0 Å². The van der Waals surface area contributed by atoms with E-state index in [0.717, 1.165) is 27.1 Å². The van der Waals surface area contributed by atoms with Crippen molar-refractivity contribution in [1.82, 2.24) is 24.8 Å². The SMILES string of the molecule is Cc1nc(C)c(-c2nnc(NC(=O)c3snnc3C)o2)s1. The fourth-order valence-electron chi connectivity index (χ4n) is 1.69. The average Bonchev–Trinajstić information content (AvgIpc) is 3.10. The van der Waals surface area contributed by atoms with Crippen molar-refractivity contribution in [2.75, 3.05) is 5.32 Å². The summed E-state index contributed by atoms with van der Waals surface area (Å²) in [7, 11) is 0. The Bertz CT molecular complexity index is 805. The molecule has 0 atom stereocenters. The molecule has 3 heterocycles. The molecule has 0 aliphatic rings. The van der Waals surface area contributed by atoms with Gasteiger partial charge in [0.1, 0.15) is 9.75 Å². The third-order valence-corrected chi connectivity index (χ3v) is 4.49. The van der Waals surface area contributed by atoms with E-state index in [-0.39, 0.29) is 11.9 Å². The highest BCUT2D eigenvalue weighted by Crippen LogP contribution is 2.29. The van der Waals surface area contributed by atoms with Gasteiger partial charge in [-0.05, 0) is 32.3 Å². The summed E-state index contributed by atoms with van der Waals surface area (Å²) in [6.07, 6.45) is 0. The van der Waals surface area contributed by atoms with Crippen LogP contribution in [0.25, 0.3) is 10.8 Å². The van der Waals surface area contributed by atoms with Gasteiger partial charge in [-0.25, -0.2) is 4.98 Å². The van der Waals surface area contributed by atoms with E-state index in [1.807, 2.05) is 13.8 Å². The zero-order chi connectivity index (χ0) is 15.0. The van der Waals surface area contributed by atoms with E-state index in [2.05, 4.69) is 30.1 Å². The maximum atomic E-state index is 12.0. The number of nitrogens with one attached hydrogen (secondary N) is 1. The van der Waals surface area contributed by atoms with E-state index >= 15 is 0 Å². The van der Waals surface area contributed by atoms with Crippen molar-refractivity contribution in [3.8, 4) is 10.8 Å². The molecule has 0 unspecified atom stereocenters. The standard InChI is InChI=1S/C11H10N6O2S2/c1-4-8(20-6(3)12-4)10-15-16-11(19-10)13-9(18)7-5(2)14-17-21-7/h1-3H3,(H,13,16,18). The maximum Gasteiger partial charge on any atom is 0.322 e. The summed E-state index contributed by atoms with van der Waals surface area (Å²) in [5.74, 6) is -0.0255. The van der Waals surface area contributed by atoms with Gasteiger partial charge in [0.05, 0.1) is 16.4 Å². The second kappa shape index (κ2) is 5.30. The Labute approximate surface area is 127 Å². The van der Waals surface area contributed by atoms with Crippen LogP contribution in [-0.2, 0) is 0 Å². The molecule has 0 spiro atoms. The second-order valence-corrected chi connectivity index (χ2v) is 6.16. The summed E-state index contributed by atoms with van der Waals surface area (Å²) in [5.41, 5.74) is 1.38. The maximum absolute atomic E-state index is 12.0. The molecule has 108 valence electrons. The number of hydrogen-bond donors (Lipinski definition) is 1. The molecule has 8 nitrogen and oxygen atoms in total. The van der Waals surface area contributed by atoms with Crippen molar-refractivity contribution in [3.63, 3.8) is 0 Å². The summed E-state index contributed by atoms with van der Waals surface area (Å²) >= 11 is 2.48. The highest BCUT2D eigenvalue weighted by Gasteiger charge is 2.18. The predicted octanol–water partition coefficient (Wildman–Crippen LogP) is 2.22. The van der Waals surface area contributed by atoms with Crippen LogP contribution in [0.4, 0.5) is 6.01 Å². The molecule has 3 rings (SSSR count). The molecule has 10 heteroatoms. The summed E-state index contributed by atoms with van der Waals surface area (Å²) in [5, 5.41) is 15.0. The largest absolute Gasteiger partial charge is 0.402 e. The zero-order valence-corrected chi connectivity index (χ0v) is 13.0. The highest BCUT2D eigenvalue weighted by atomic mass is 32.1. The zero-order valence-electron chi connectivity index (χ0n) is 11.4. The summed E-state index contributed by atoms with van der Waals surface area (Å²) in [6.45, 7) is 5.48. The van der Waals surface area contributed by atoms with Gasteiger partial charge < -0.3 is 4.42 Å². The molecule has 1 amide bonds. The number of carbonyl (C=O) groups is 1. The summed E-state index contributed by atoms with van der Waals surface area (Å²) < 4.78 is 9.16. The lowest BCUT2D eigenvalue weighted by Crippen LogP contribution is -2.11. The van der Waals surface area contributed by atoms with E-state index < -0.39 is 0 Å². The number of carbonyl (C=O) groups excluding carboxylic acids is 1. The van der Waals surface area contributed by atoms with Crippen molar-refractivity contribution >= 4 is 34.8 Å². The van der Waals surface area contributed by atoms with Gasteiger partial charge in [0, 0.05) is 0 Å². The van der Waals surface area contributed by atoms with Crippen LogP contribution in [0.5, 0.6) is 0 Å². The van der Waals surface area contributed by atoms with E-state index in [1.165, 1.54) is 11.3 Å². The summed E-state index contributed by atoms with van der Waals surface area (Å²) in [4.78, 5) is 17.5. The third-order valence-electron chi connectivity index (χ3n) is 2.60. The molecule has 0 fully saturated rings. The minimum Gasteiger partial charge on any atom is -0.402 e. The number of amides is 1. The van der Waals surface area contributed by atoms with Gasteiger partial charge >= 0.3 is 6.01 Å². The molecular weight excluding hydrogens is 312 g/mol. The van der Waals surface area contributed by atoms with Crippen LogP contribution in [0.1, 0.15) is 26.1 Å². The van der Waals surface area contributed by atoms with E-state index in [4.69, 9.17) is 4.42 Å². The fourth-order valence-corrected chi connectivity index (χ4v) is 3.08. The number of rotatable bonds is 3. The molecular formula is C11H10N6O2S2. The van der Waals surface area contributed by atoms with E-state index in [0.29, 0.717) is 16.5 Å². The Hall–Kier alpha value is -2.20. The van der Waals surface area contributed by atoms with Crippen molar-refractivity contribution in [1.29, 1.82) is 0 Å². The minimum atomic E-state index is -0.366. The molecule has 0 saturated carbocycles. The third kappa shape index (κ3) is 2.67. The van der Waals surface area contributed by atoms with Gasteiger partial charge in [-0.3, -0.25) is 10.1 Å². The van der Waals surface area contributed by atoms with Crippen molar-refractivity contribution in [3.05, 3.63) is 21.3 Å². The van der Waals surface area contributed by atoms with Crippen LogP contribution in [-0.4, -0.2) is 30.7 Å². The second-order valence-electron chi connectivity index (χ2n) is 4.20. The molecule has 3 aromatic heterocycles. The molecule has 0 bridgehead atoms. The number of aromatic nitrogens is 5. The van der Waals surface area contributed by atoms with Crippen LogP contribution in [0.2, 0.25) is 0 Å². The molecule has 0 saturated heterocycles. The number of anilines is 1. The molecule has 0 aromatic carbocycles. The van der Waals surface area contributed by atoms with Crippen LogP contribution in [0, 0.1) is 20.8 Å². The lowest BCUT2D eigenvalue weighted by molar-refractivity contribution is 0.102. The normalized spacial score (nSPS) is 10.8. The van der Waals surface area contributed by atoms with Crippen LogP contribution >= 0.6 is 22.9 Å². The van der Waals surface area contributed by atoms with Crippen molar-refractivity contribution in [2.45, 2.75) is 20.8 Å². The Morgan fingerprint density at radius 2 is 1.95 bits per heavy atom. The Morgan fingerprint density at radius 3 is 2.57 bits per heavy atom. The monoisotopic (exact) mass is 322 g/mol. The number of thiazole rings is 1. The van der Waals surface area contributed by atoms with Gasteiger partial charge in [-0.2, -0.15) is 0 Å². The lowest BCUT2D eigenvalue weighted by Gasteiger charge is -1.96. The fraction of sp³-hybridized carbons (Fsp3) is 0.273. The van der Waals surface area contributed by atoms with Gasteiger partial charge in [0.25, 0.3) is 11.8 Å². The van der Waals surface area contributed by atoms with Gasteiger partial charge in [0.15, 0.2) is 0 Å². The minimum absolute atomic E-state index is 0.0354. The molecule has 0 aliphatic carbocycles. The summed E-state index contributed by atoms with van der Waals surface area (Å²) in [6, 6.07) is 0.0354. The van der Waals surface area contributed by atoms with Crippen LogP contribution < -0.4 is 5.32 Å². The molecule has 1 N–H and O–H groups in total. The molecule has 3 aromatic rings. The Balaban J connectivity index is 1.81. The highest BCUT2D eigenvalue weighted by molar-refractivity contribution is 7.15. The number of aryl methyl sites for hydroxylation is 3. The molecule has 0 aliphatic heterocycles. The average molecular weight is 322 g/mol. The molecule has 21 heavy (non-hydrogen) atoms. The van der Waals surface area contributed by atoms with E-state index in [1.54, 1.807) is 6.92 Å². The molecule has 0 radical (unpaired) electrons. The first-order valence-corrected chi connectivity index (χ1v) is 7.52. The number of hydrogen-bond acceptors (Lipinski definition) is 9.